The van der Waals surface area contributed by atoms with Crippen LogP contribution in [-0.4, -0.2) is 67.8 Å². The lowest BCUT2D eigenvalue weighted by molar-refractivity contribution is -0.0554. The molecule has 1 aromatic heterocycles. The molecule has 2 amide bonds. The van der Waals surface area contributed by atoms with Gasteiger partial charge >= 0.3 is 0 Å². The number of nitriles is 1. The Bertz CT molecular complexity index is 1550. The number of methoxy groups -OCH3 is 2. The highest BCUT2D eigenvalue weighted by Crippen LogP contribution is 2.42. The number of benzene rings is 2. The second-order valence-corrected chi connectivity index (χ2v) is 11.7. The Morgan fingerprint density at radius 3 is 2.71 bits per heavy atom. The van der Waals surface area contributed by atoms with Gasteiger partial charge in [-0.3, -0.25) is 9.59 Å². The normalized spacial score (nSPS) is 23.7. The van der Waals surface area contributed by atoms with E-state index in [0.717, 1.165) is 24.8 Å². The SMILES string of the molecule is COc1cccc(C#N)c1CNCC1(C)COc2c(oc3cc(C(=O)NC4CCC4)ccc23)C(=O)N1[C@H]1C[C@@H](OC)C1. The second kappa shape index (κ2) is 11.3. The number of furan rings is 1. The maximum absolute atomic E-state index is 14.2. The minimum Gasteiger partial charge on any atom is -0.496 e. The summed E-state index contributed by atoms with van der Waals surface area (Å²) in [5.41, 5.74) is 1.50. The lowest BCUT2D eigenvalue weighted by Crippen LogP contribution is -2.64. The van der Waals surface area contributed by atoms with Gasteiger partial charge in [0.25, 0.3) is 11.8 Å². The van der Waals surface area contributed by atoms with Crippen molar-refractivity contribution in [2.24, 2.45) is 0 Å². The van der Waals surface area contributed by atoms with Gasteiger partial charge in [0.1, 0.15) is 17.9 Å². The van der Waals surface area contributed by atoms with Gasteiger partial charge in [-0.15, -0.1) is 0 Å². The van der Waals surface area contributed by atoms with Gasteiger partial charge in [0, 0.05) is 43.4 Å². The van der Waals surface area contributed by atoms with Crippen molar-refractivity contribution in [3.63, 3.8) is 0 Å². The number of ether oxygens (including phenoxy) is 3. The topological polar surface area (TPSA) is 126 Å². The lowest BCUT2D eigenvalue weighted by atomic mass is 9.84. The van der Waals surface area contributed by atoms with E-state index in [1.807, 2.05) is 17.9 Å². The van der Waals surface area contributed by atoms with E-state index in [1.165, 1.54) is 0 Å². The van der Waals surface area contributed by atoms with E-state index in [9.17, 15) is 14.9 Å². The second-order valence-electron chi connectivity index (χ2n) is 11.7. The zero-order valence-corrected chi connectivity index (χ0v) is 24.2. The summed E-state index contributed by atoms with van der Waals surface area (Å²) < 4.78 is 23.5. The summed E-state index contributed by atoms with van der Waals surface area (Å²) in [7, 11) is 3.27. The molecule has 2 aromatic carbocycles. The summed E-state index contributed by atoms with van der Waals surface area (Å²) in [6.45, 7) is 3.02. The number of nitrogens with one attached hydrogen (secondary N) is 2. The number of nitrogens with zero attached hydrogens (tertiary/aromatic N) is 2. The van der Waals surface area contributed by atoms with E-state index >= 15 is 0 Å². The molecule has 3 aliphatic rings. The van der Waals surface area contributed by atoms with Crippen LogP contribution in [0, 0.1) is 11.3 Å². The van der Waals surface area contributed by atoms with Gasteiger partial charge in [-0.2, -0.15) is 5.26 Å². The third kappa shape index (κ3) is 4.97. The van der Waals surface area contributed by atoms with Crippen LogP contribution in [0.1, 0.15) is 71.1 Å². The van der Waals surface area contributed by atoms with Crippen LogP contribution in [0.4, 0.5) is 0 Å². The molecule has 2 aliphatic carbocycles. The zero-order chi connectivity index (χ0) is 29.4. The molecular formula is C32H36N4O6. The molecule has 1 aliphatic heterocycles. The van der Waals surface area contributed by atoms with Gasteiger partial charge in [-0.25, -0.2) is 0 Å². The van der Waals surface area contributed by atoms with Crippen LogP contribution in [0.2, 0.25) is 0 Å². The van der Waals surface area contributed by atoms with Gasteiger partial charge in [-0.05, 0) is 69.4 Å². The highest BCUT2D eigenvalue weighted by atomic mass is 16.5. The number of amides is 2. The zero-order valence-electron chi connectivity index (χ0n) is 24.2. The van der Waals surface area contributed by atoms with Gasteiger partial charge < -0.3 is 34.2 Å². The average Bonchev–Trinajstić information content (AvgIpc) is 3.28. The van der Waals surface area contributed by atoms with E-state index in [1.54, 1.807) is 44.6 Å². The van der Waals surface area contributed by atoms with Crippen LogP contribution in [0.25, 0.3) is 11.0 Å². The van der Waals surface area contributed by atoms with Crippen LogP contribution in [0.3, 0.4) is 0 Å². The van der Waals surface area contributed by atoms with Crippen molar-refractivity contribution < 1.29 is 28.2 Å². The van der Waals surface area contributed by atoms with Gasteiger partial charge in [0.2, 0.25) is 5.76 Å². The van der Waals surface area contributed by atoms with Gasteiger partial charge in [-0.1, -0.05) is 6.07 Å². The molecule has 2 saturated carbocycles. The minimum absolute atomic E-state index is 0.0539. The van der Waals surface area contributed by atoms with Gasteiger partial charge in [0.15, 0.2) is 5.75 Å². The van der Waals surface area contributed by atoms with E-state index in [0.29, 0.717) is 59.5 Å². The van der Waals surface area contributed by atoms with Crippen molar-refractivity contribution in [3.05, 3.63) is 58.8 Å². The first-order valence-electron chi connectivity index (χ1n) is 14.5. The first kappa shape index (κ1) is 28.1. The van der Waals surface area contributed by atoms with Crippen molar-refractivity contribution in [2.45, 2.75) is 69.3 Å². The van der Waals surface area contributed by atoms with E-state index in [4.69, 9.17) is 18.6 Å². The summed E-state index contributed by atoms with van der Waals surface area (Å²) in [5.74, 6) is 0.773. The molecule has 42 heavy (non-hydrogen) atoms. The van der Waals surface area contributed by atoms with E-state index < -0.39 is 5.54 Å². The van der Waals surface area contributed by atoms with Crippen molar-refractivity contribution in [2.75, 3.05) is 27.4 Å². The molecule has 1 atom stereocenters. The predicted molar refractivity (Wildman–Crippen MR) is 155 cm³/mol. The molecule has 6 rings (SSSR count). The van der Waals surface area contributed by atoms with Crippen LogP contribution in [0.15, 0.2) is 40.8 Å². The molecule has 10 nitrogen and oxygen atoms in total. The maximum atomic E-state index is 14.2. The quantitative estimate of drug-likeness (QED) is 0.392. The predicted octanol–water partition coefficient (Wildman–Crippen LogP) is 4.16. The molecule has 0 radical (unpaired) electrons. The number of rotatable bonds is 9. The van der Waals surface area contributed by atoms with Gasteiger partial charge in [0.05, 0.1) is 35.8 Å². The summed E-state index contributed by atoms with van der Waals surface area (Å²) in [5, 5.41) is 16.8. The highest BCUT2D eigenvalue weighted by molar-refractivity contribution is 6.04. The summed E-state index contributed by atoms with van der Waals surface area (Å²) in [4.78, 5) is 28.9. The lowest BCUT2D eigenvalue weighted by Gasteiger charge is -2.49. The number of hydrogen-bond donors (Lipinski definition) is 2. The Kier molecular flexibility index (Phi) is 7.56. The average molecular weight is 573 g/mol. The fourth-order valence-corrected chi connectivity index (χ4v) is 6.16. The van der Waals surface area contributed by atoms with Crippen LogP contribution in [-0.2, 0) is 11.3 Å². The fraction of sp³-hybridized carbons (Fsp3) is 0.469. The third-order valence-corrected chi connectivity index (χ3v) is 8.92. The van der Waals surface area contributed by atoms with Crippen LogP contribution < -0.4 is 20.1 Å². The Morgan fingerprint density at radius 1 is 1.21 bits per heavy atom. The molecule has 0 spiro atoms. The Hall–Kier alpha value is -4.07. The first-order chi connectivity index (χ1) is 20.3. The molecule has 2 heterocycles. The largest absolute Gasteiger partial charge is 0.496 e. The third-order valence-electron chi connectivity index (χ3n) is 8.92. The monoisotopic (exact) mass is 572 g/mol. The summed E-state index contributed by atoms with van der Waals surface area (Å²) in [6.07, 6.45) is 4.64. The first-order valence-corrected chi connectivity index (χ1v) is 14.5. The standard InChI is InChI=1S/C32H36N4O6/c1-32(17-34-16-25-20(15-33)6-4-9-26(25)40-3)18-41-28-24-11-10-19(30(37)35-21-7-5-8-21)12-27(24)42-29(28)31(38)36(32)22-13-23(14-22)39-2/h4,6,9-12,21-23,34H,5,7-8,13-14,16-18H2,1-3H3,(H,35,37)/t22-,23+,32?. The maximum Gasteiger partial charge on any atom is 0.294 e. The van der Waals surface area contributed by atoms with E-state index in [2.05, 4.69) is 16.7 Å². The highest BCUT2D eigenvalue weighted by Gasteiger charge is 2.49. The van der Waals surface area contributed by atoms with Crippen LogP contribution >= 0.6 is 0 Å². The molecule has 2 fully saturated rings. The molecule has 220 valence electrons. The van der Waals surface area contributed by atoms with Crippen molar-refractivity contribution in [1.29, 1.82) is 5.26 Å². The number of fused-ring (bicyclic) bond motifs is 3. The molecule has 10 heteroatoms. The van der Waals surface area contributed by atoms with Crippen molar-refractivity contribution in [3.8, 4) is 17.6 Å². The molecular weight excluding hydrogens is 536 g/mol. The number of hydrogen-bond acceptors (Lipinski definition) is 8. The Balaban J connectivity index is 1.27. The van der Waals surface area contributed by atoms with Crippen LogP contribution in [0.5, 0.6) is 11.5 Å². The molecule has 0 bridgehead atoms. The minimum atomic E-state index is -0.730. The summed E-state index contributed by atoms with van der Waals surface area (Å²) in [6, 6.07) is 13.0. The number of carbonyl (C=O) groups is 2. The van der Waals surface area contributed by atoms with E-state index in [-0.39, 0.29) is 42.4 Å². The Labute approximate surface area is 244 Å². The smallest absolute Gasteiger partial charge is 0.294 e. The molecule has 2 N–H and O–H groups in total. The van der Waals surface area contributed by atoms with Crippen molar-refractivity contribution in [1.82, 2.24) is 15.5 Å². The molecule has 0 saturated heterocycles. The number of carbonyl (C=O) groups excluding carboxylic acids is 2. The molecule has 1 unspecified atom stereocenters. The Morgan fingerprint density at radius 2 is 2.02 bits per heavy atom. The summed E-state index contributed by atoms with van der Waals surface area (Å²) >= 11 is 0. The van der Waals surface area contributed by atoms with Crippen molar-refractivity contribution >= 4 is 22.8 Å². The molecule has 3 aromatic rings. The fourth-order valence-electron chi connectivity index (χ4n) is 6.16.